The molecule has 0 bridgehead atoms. The number of hydrogen-bond donors (Lipinski definition) is 1. The molecule has 0 radical (unpaired) electrons. The lowest BCUT2D eigenvalue weighted by Gasteiger charge is -2.33. The molecule has 0 heterocycles. The second kappa shape index (κ2) is 13.6. The van der Waals surface area contributed by atoms with Gasteiger partial charge in [0, 0.05) is 16.2 Å². The van der Waals surface area contributed by atoms with E-state index in [9.17, 15) is 22.4 Å². The zero-order valence-corrected chi connectivity index (χ0v) is 25.3. The largest absolute Gasteiger partial charge is 0.352 e. The molecule has 40 heavy (non-hydrogen) atoms. The Hall–Kier alpha value is -2.99. The van der Waals surface area contributed by atoms with E-state index in [1.807, 2.05) is 0 Å². The summed E-state index contributed by atoms with van der Waals surface area (Å²) in [5.74, 6) is -1.26. The summed E-state index contributed by atoms with van der Waals surface area (Å²) < 4.78 is 43.1. The second-order valence-corrected chi connectivity index (χ2v) is 13.1. The van der Waals surface area contributed by atoms with Crippen LogP contribution in [0.1, 0.15) is 44.6 Å². The Kier molecular flexibility index (Phi) is 10.2. The molecule has 4 rings (SSSR count). The first-order chi connectivity index (χ1) is 19.1. The topological polar surface area (TPSA) is 86.8 Å². The van der Waals surface area contributed by atoms with Gasteiger partial charge in [0.05, 0.1) is 10.6 Å². The maximum Gasteiger partial charge on any atom is 0.264 e. The van der Waals surface area contributed by atoms with Crippen LogP contribution in [0.15, 0.2) is 83.8 Å². The fourth-order valence-corrected chi connectivity index (χ4v) is 6.59. The van der Waals surface area contributed by atoms with Crippen molar-refractivity contribution in [3.05, 3.63) is 93.8 Å². The van der Waals surface area contributed by atoms with E-state index in [-0.39, 0.29) is 23.4 Å². The SMILES string of the molecule is C[C@@H](C(=O)NC1CCCCC1)N(Cc1ccc(F)cc1)C(=O)CN(c1ccc(I)cc1)S(=O)(=O)c1ccccc1. The van der Waals surface area contributed by atoms with Crippen molar-refractivity contribution >= 4 is 50.1 Å². The van der Waals surface area contributed by atoms with Gasteiger partial charge in [-0.2, -0.15) is 0 Å². The van der Waals surface area contributed by atoms with Gasteiger partial charge in [-0.05, 0) is 96.5 Å². The highest BCUT2D eigenvalue weighted by atomic mass is 127. The lowest BCUT2D eigenvalue weighted by atomic mass is 9.95. The molecule has 1 saturated carbocycles. The van der Waals surface area contributed by atoms with Crippen molar-refractivity contribution in [1.29, 1.82) is 0 Å². The first-order valence-corrected chi connectivity index (χ1v) is 15.8. The summed E-state index contributed by atoms with van der Waals surface area (Å²) in [7, 11) is -4.11. The van der Waals surface area contributed by atoms with Gasteiger partial charge in [-0.15, -0.1) is 0 Å². The van der Waals surface area contributed by atoms with E-state index in [1.165, 1.54) is 29.2 Å². The number of carbonyl (C=O) groups is 2. The minimum absolute atomic E-state index is 0.0181. The molecule has 0 aliphatic heterocycles. The molecule has 1 aliphatic carbocycles. The summed E-state index contributed by atoms with van der Waals surface area (Å²) in [4.78, 5) is 28.7. The number of nitrogens with one attached hydrogen (secondary N) is 1. The zero-order valence-electron chi connectivity index (χ0n) is 22.3. The molecule has 0 saturated heterocycles. The van der Waals surface area contributed by atoms with Crippen LogP contribution in [0.3, 0.4) is 0 Å². The Morgan fingerprint density at radius 3 is 2.20 bits per heavy atom. The smallest absolute Gasteiger partial charge is 0.264 e. The molecule has 10 heteroatoms. The molecular formula is C30H33FIN3O4S. The van der Waals surface area contributed by atoms with Crippen LogP contribution in [-0.4, -0.2) is 43.8 Å². The molecule has 1 fully saturated rings. The van der Waals surface area contributed by atoms with Gasteiger partial charge in [0.15, 0.2) is 0 Å². The fourth-order valence-electron chi connectivity index (χ4n) is 4.79. The average molecular weight is 678 g/mol. The van der Waals surface area contributed by atoms with Gasteiger partial charge in [-0.3, -0.25) is 13.9 Å². The van der Waals surface area contributed by atoms with E-state index in [0.29, 0.717) is 11.3 Å². The summed E-state index contributed by atoms with van der Waals surface area (Å²) in [6.45, 7) is 1.14. The lowest BCUT2D eigenvalue weighted by molar-refractivity contribution is -0.139. The van der Waals surface area contributed by atoms with E-state index in [4.69, 9.17) is 0 Å². The van der Waals surface area contributed by atoms with E-state index in [0.717, 1.165) is 40.0 Å². The van der Waals surface area contributed by atoms with E-state index < -0.39 is 34.3 Å². The molecular weight excluding hydrogens is 644 g/mol. The number of amides is 2. The maximum atomic E-state index is 13.9. The van der Waals surface area contributed by atoms with E-state index in [2.05, 4.69) is 27.9 Å². The first kappa shape index (κ1) is 30.0. The van der Waals surface area contributed by atoms with Crippen molar-refractivity contribution < 1.29 is 22.4 Å². The Morgan fingerprint density at radius 1 is 0.950 bits per heavy atom. The van der Waals surface area contributed by atoms with Crippen molar-refractivity contribution in [3.8, 4) is 0 Å². The average Bonchev–Trinajstić information content (AvgIpc) is 2.96. The normalized spacial score (nSPS) is 14.8. The number of benzene rings is 3. The van der Waals surface area contributed by atoms with Crippen molar-refractivity contribution in [2.45, 2.75) is 62.6 Å². The van der Waals surface area contributed by atoms with Crippen LogP contribution in [0.25, 0.3) is 0 Å². The summed E-state index contributed by atoms with van der Waals surface area (Å²) in [5.41, 5.74) is 0.956. The number of halogens is 2. The Balaban J connectivity index is 1.65. The van der Waals surface area contributed by atoms with Gasteiger partial charge in [-0.25, -0.2) is 12.8 Å². The predicted octanol–water partition coefficient (Wildman–Crippen LogP) is 5.49. The van der Waals surface area contributed by atoms with Gasteiger partial charge >= 0.3 is 0 Å². The first-order valence-electron chi connectivity index (χ1n) is 13.3. The van der Waals surface area contributed by atoms with E-state index >= 15 is 0 Å². The maximum absolute atomic E-state index is 13.9. The minimum Gasteiger partial charge on any atom is -0.352 e. The summed E-state index contributed by atoms with van der Waals surface area (Å²) >= 11 is 2.13. The molecule has 1 atom stereocenters. The van der Waals surface area contributed by atoms with Crippen molar-refractivity contribution in [1.82, 2.24) is 10.2 Å². The van der Waals surface area contributed by atoms with Crippen molar-refractivity contribution in [2.75, 3.05) is 10.8 Å². The lowest BCUT2D eigenvalue weighted by Crippen LogP contribution is -2.53. The monoisotopic (exact) mass is 677 g/mol. The fraction of sp³-hybridized carbons (Fsp3) is 0.333. The van der Waals surface area contributed by atoms with Gasteiger partial charge in [0.1, 0.15) is 18.4 Å². The molecule has 0 aromatic heterocycles. The summed E-state index contributed by atoms with van der Waals surface area (Å²) in [6.07, 6.45) is 5.00. The van der Waals surface area contributed by atoms with Crippen LogP contribution in [0.5, 0.6) is 0 Å². The molecule has 2 amide bonds. The minimum atomic E-state index is -4.11. The molecule has 0 spiro atoms. The molecule has 0 unspecified atom stereocenters. The van der Waals surface area contributed by atoms with Crippen LogP contribution >= 0.6 is 22.6 Å². The van der Waals surface area contributed by atoms with Gasteiger partial charge in [-0.1, -0.05) is 49.6 Å². The number of rotatable bonds is 10. The third kappa shape index (κ3) is 7.60. The van der Waals surface area contributed by atoms with Crippen LogP contribution < -0.4 is 9.62 Å². The number of sulfonamides is 1. The third-order valence-electron chi connectivity index (χ3n) is 7.11. The van der Waals surface area contributed by atoms with E-state index in [1.54, 1.807) is 61.5 Å². The van der Waals surface area contributed by atoms with Gasteiger partial charge in [0.25, 0.3) is 10.0 Å². The van der Waals surface area contributed by atoms with Gasteiger partial charge < -0.3 is 10.2 Å². The van der Waals surface area contributed by atoms with Crippen LogP contribution in [0.2, 0.25) is 0 Å². The van der Waals surface area contributed by atoms with Crippen LogP contribution in [-0.2, 0) is 26.2 Å². The third-order valence-corrected chi connectivity index (χ3v) is 9.62. The molecule has 3 aromatic rings. The predicted molar refractivity (Wildman–Crippen MR) is 162 cm³/mol. The standard InChI is InChI=1S/C30H33FIN3O4S/c1-22(30(37)33-26-8-4-2-5-9-26)34(20-23-12-14-24(31)15-13-23)29(36)21-35(27-18-16-25(32)17-19-27)40(38,39)28-10-6-3-7-11-28/h3,6-7,10-19,22,26H,2,4-5,8-9,20-21H2,1H3,(H,33,37)/t22-/m0/s1. The zero-order chi connectivity index (χ0) is 28.7. The molecule has 212 valence electrons. The highest BCUT2D eigenvalue weighted by Crippen LogP contribution is 2.25. The molecule has 1 aliphatic rings. The van der Waals surface area contributed by atoms with Gasteiger partial charge in [0.2, 0.25) is 11.8 Å². The van der Waals surface area contributed by atoms with Crippen LogP contribution in [0, 0.1) is 9.39 Å². The van der Waals surface area contributed by atoms with Crippen molar-refractivity contribution in [3.63, 3.8) is 0 Å². The Morgan fingerprint density at radius 2 is 1.57 bits per heavy atom. The summed E-state index contributed by atoms with van der Waals surface area (Å²) in [5, 5.41) is 3.07. The molecule has 1 N–H and O–H groups in total. The number of anilines is 1. The highest BCUT2D eigenvalue weighted by Gasteiger charge is 2.33. The molecule has 3 aromatic carbocycles. The van der Waals surface area contributed by atoms with Crippen molar-refractivity contribution in [2.24, 2.45) is 0 Å². The molecule has 7 nitrogen and oxygen atoms in total. The Labute approximate surface area is 248 Å². The highest BCUT2D eigenvalue weighted by molar-refractivity contribution is 14.1. The second-order valence-electron chi connectivity index (χ2n) is 9.97. The number of nitrogens with zero attached hydrogens (tertiary/aromatic N) is 2. The number of carbonyl (C=O) groups excluding carboxylic acids is 2. The summed E-state index contributed by atoms with van der Waals surface area (Å²) in [6, 6.07) is 19.6. The Bertz CT molecular complexity index is 1400. The quantitative estimate of drug-likeness (QED) is 0.288. The number of hydrogen-bond acceptors (Lipinski definition) is 4. The van der Waals surface area contributed by atoms with Crippen LogP contribution in [0.4, 0.5) is 10.1 Å².